The molecule has 1 aromatic rings. The Morgan fingerprint density at radius 2 is 2.00 bits per heavy atom. The first-order valence-corrected chi connectivity index (χ1v) is 5.57. The number of rotatable bonds is 2. The fraction of sp³-hybridized carbons (Fsp3) is 0.500. The zero-order valence-electron chi connectivity index (χ0n) is 9.78. The van der Waals surface area contributed by atoms with Gasteiger partial charge in [0.25, 0.3) is 0 Å². The lowest BCUT2D eigenvalue weighted by atomic mass is 10.2. The van der Waals surface area contributed by atoms with Crippen molar-refractivity contribution in [2.45, 2.75) is 6.18 Å². The van der Waals surface area contributed by atoms with Crippen LogP contribution < -0.4 is 10.2 Å². The molecule has 1 N–H and O–H groups in total. The molecule has 0 bridgehead atoms. The molecule has 19 heavy (non-hydrogen) atoms. The Morgan fingerprint density at radius 1 is 1.37 bits per heavy atom. The number of piperazine rings is 1. The molecule has 1 saturated heterocycles. The van der Waals surface area contributed by atoms with Gasteiger partial charge in [-0.1, -0.05) is 0 Å². The minimum absolute atomic E-state index is 0.0335. The second-order valence-corrected chi connectivity index (χ2v) is 4.05. The molecule has 0 saturated carbocycles. The second kappa shape index (κ2) is 5.00. The van der Waals surface area contributed by atoms with Crippen molar-refractivity contribution in [1.82, 2.24) is 10.3 Å². The second-order valence-electron chi connectivity index (χ2n) is 4.05. The number of nitrogens with one attached hydrogen (secondary N) is 1. The van der Waals surface area contributed by atoms with Crippen molar-refractivity contribution < 1.29 is 18.1 Å². The van der Waals surface area contributed by atoms with Crippen LogP contribution in [0.25, 0.3) is 0 Å². The number of pyridine rings is 1. The van der Waals surface area contributed by atoms with E-state index in [9.17, 15) is 23.3 Å². The average Bonchev–Trinajstić information content (AvgIpc) is 2.38. The third-order valence-electron chi connectivity index (χ3n) is 2.81. The lowest BCUT2D eigenvalue weighted by molar-refractivity contribution is -0.384. The molecular formula is C10H11F3N4O2. The smallest absolute Gasteiger partial charge is 0.363 e. The zero-order valence-corrected chi connectivity index (χ0v) is 9.78. The van der Waals surface area contributed by atoms with Crippen LogP contribution in [0.2, 0.25) is 0 Å². The van der Waals surface area contributed by atoms with Gasteiger partial charge in [-0.3, -0.25) is 10.1 Å². The van der Waals surface area contributed by atoms with Crippen LogP contribution >= 0.6 is 0 Å². The summed E-state index contributed by atoms with van der Waals surface area (Å²) >= 11 is 0. The van der Waals surface area contributed by atoms with Crippen molar-refractivity contribution in [3.8, 4) is 0 Å². The highest BCUT2D eigenvalue weighted by Gasteiger charge is 2.35. The first kappa shape index (κ1) is 13.5. The van der Waals surface area contributed by atoms with Crippen LogP contribution in [-0.4, -0.2) is 36.1 Å². The predicted molar refractivity (Wildman–Crippen MR) is 61.0 cm³/mol. The Balaban J connectivity index is 2.44. The van der Waals surface area contributed by atoms with Crippen LogP contribution in [0.1, 0.15) is 5.69 Å². The number of hydrogen-bond donors (Lipinski definition) is 1. The number of nitrogens with zero attached hydrogens (tertiary/aromatic N) is 3. The topological polar surface area (TPSA) is 71.3 Å². The minimum Gasteiger partial charge on any atom is -0.363 e. The highest BCUT2D eigenvalue weighted by Crippen LogP contribution is 2.34. The molecule has 0 radical (unpaired) electrons. The van der Waals surface area contributed by atoms with E-state index in [0.29, 0.717) is 32.4 Å². The molecule has 2 heterocycles. The molecule has 9 heteroatoms. The summed E-state index contributed by atoms with van der Waals surface area (Å²) in [6.45, 7) is 1.98. The molecule has 2 rings (SSSR count). The summed E-state index contributed by atoms with van der Waals surface area (Å²) in [5.74, 6) is 0. The van der Waals surface area contributed by atoms with Crippen molar-refractivity contribution in [1.29, 1.82) is 0 Å². The van der Waals surface area contributed by atoms with E-state index in [1.807, 2.05) is 0 Å². The lowest BCUT2D eigenvalue weighted by Crippen LogP contribution is -2.43. The van der Waals surface area contributed by atoms with Gasteiger partial charge in [0.15, 0.2) is 0 Å². The van der Waals surface area contributed by atoms with E-state index in [4.69, 9.17) is 0 Å². The van der Waals surface area contributed by atoms with Gasteiger partial charge in [0.2, 0.25) is 0 Å². The van der Waals surface area contributed by atoms with Crippen LogP contribution in [0.4, 0.5) is 24.5 Å². The maximum Gasteiger partial charge on any atom is 0.433 e. The molecule has 1 fully saturated rings. The van der Waals surface area contributed by atoms with Gasteiger partial charge >= 0.3 is 11.9 Å². The highest BCUT2D eigenvalue weighted by atomic mass is 19.4. The van der Waals surface area contributed by atoms with Gasteiger partial charge in [-0.25, -0.2) is 4.98 Å². The normalized spacial score (nSPS) is 16.5. The van der Waals surface area contributed by atoms with Crippen LogP contribution in [0.5, 0.6) is 0 Å². The molecule has 1 aromatic heterocycles. The summed E-state index contributed by atoms with van der Waals surface area (Å²) in [4.78, 5) is 14.8. The van der Waals surface area contributed by atoms with Crippen LogP contribution in [0.3, 0.4) is 0 Å². The van der Waals surface area contributed by atoms with Gasteiger partial charge in [0, 0.05) is 26.2 Å². The number of alkyl halides is 3. The van der Waals surface area contributed by atoms with E-state index in [0.717, 1.165) is 6.07 Å². The van der Waals surface area contributed by atoms with Crippen LogP contribution in [0.15, 0.2) is 12.3 Å². The zero-order chi connectivity index (χ0) is 14.0. The fourth-order valence-corrected chi connectivity index (χ4v) is 1.89. The number of hydrogen-bond acceptors (Lipinski definition) is 5. The van der Waals surface area contributed by atoms with Gasteiger partial charge in [-0.05, 0) is 6.07 Å². The highest BCUT2D eigenvalue weighted by molar-refractivity contribution is 5.63. The molecule has 0 amide bonds. The van der Waals surface area contributed by atoms with E-state index in [1.54, 1.807) is 4.90 Å². The van der Waals surface area contributed by atoms with Crippen molar-refractivity contribution in [2.75, 3.05) is 31.1 Å². The van der Waals surface area contributed by atoms with Crippen molar-refractivity contribution in [3.63, 3.8) is 0 Å². The van der Waals surface area contributed by atoms with Crippen LogP contribution in [0, 0.1) is 10.1 Å². The first-order chi connectivity index (χ1) is 8.89. The lowest BCUT2D eigenvalue weighted by Gasteiger charge is -2.29. The van der Waals surface area contributed by atoms with Gasteiger partial charge in [-0.2, -0.15) is 13.2 Å². The molecule has 0 atom stereocenters. The molecule has 0 spiro atoms. The summed E-state index contributed by atoms with van der Waals surface area (Å²) in [6.07, 6.45) is -3.95. The van der Waals surface area contributed by atoms with E-state index < -0.39 is 22.5 Å². The fourth-order valence-electron chi connectivity index (χ4n) is 1.89. The number of nitro groups is 1. The van der Waals surface area contributed by atoms with Crippen LogP contribution in [-0.2, 0) is 6.18 Å². The third-order valence-corrected chi connectivity index (χ3v) is 2.81. The van der Waals surface area contributed by atoms with Gasteiger partial charge in [0.05, 0.1) is 4.92 Å². The van der Waals surface area contributed by atoms with Gasteiger partial charge < -0.3 is 10.2 Å². The third kappa shape index (κ3) is 2.92. The largest absolute Gasteiger partial charge is 0.433 e. The van der Waals surface area contributed by atoms with E-state index in [1.165, 1.54) is 0 Å². The molecule has 0 aliphatic carbocycles. The summed E-state index contributed by atoms with van der Waals surface area (Å²) in [5, 5.41) is 13.9. The SMILES string of the molecule is O=[N+]([O-])c1cnc(C(F)(F)F)cc1N1CCNCC1. The maximum atomic E-state index is 12.6. The first-order valence-electron chi connectivity index (χ1n) is 5.57. The number of halogens is 3. The Bertz CT molecular complexity index is 486. The van der Waals surface area contributed by atoms with Crippen molar-refractivity contribution in [3.05, 3.63) is 28.1 Å². The molecule has 0 aromatic carbocycles. The molecule has 6 nitrogen and oxygen atoms in total. The van der Waals surface area contributed by atoms with Crippen molar-refractivity contribution >= 4 is 11.4 Å². The predicted octanol–water partition coefficient (Wildman–Crippen LogP) is 1.42. The Morgan fingerprint density at radius 3 is 2.53 bits per heavy atom. The molecular weight excluding hydrogens is 265 g/mol. The molecule has 104 valence electrons. The van der Waals surface area contributed by atoms with Gasteiger partial charge in [-0.15, -0.1) is 0 Å². The Labute approximate surface area is 106 Å². The molecule has 1 aliphatic heterocycles. The quantitative estimate of drug-likeness (QED) is 0.653. The summed E-state index contributed by atoms with van der Waals surface area (Å²) in [6, 6.07) is 0.740. The number of anilines is 1. The molecule has 0 unspecified atom stereocenters. The van der Waals surface area contributed by atoms with E-state index in [-0.39, 0.29) is 5.69 Å². The minimum atomic E-state index is -4.61. The number of aromatic nitrogens is 1. The van der Waals surface area contributed by atoms with Gasteiger partial charge in [0.1, 0.15) is 17.6 Å². The summed E-state index contributed by atoms with van der Waals surface area (Å²) in [5.41, 5.74) is -1.56. The Hall–Kier alpha value is -1.90. The maximum absolute atomic E-state index is 12.6. The summed E-state index contributed by atoms with van der Waals surface area (Å²) in [7, 11) is 0. The summed E-state index contributed by atoms with van der Waals surface area (Å²) < 4.78 is 37.8. The standard InChI is InChI=1S/C10H11F3N4O2/c11-10(12,13)9-5-7(8(6-15-9)17(18)19)16-3-1-14-2-4-16/h5-6,14H,1-4H2. The average molecular weight is 276 g/mol. The Kier molecular flexibility index (Phi) is 3.56. The monoisotopic (exact) mass is 276 g/mol. The molecule has 1 aliphatic rings. The van der Waals surface area contributed by atoms with E-state index in [2.05, 4.69) is 10.3 Å². The van der Waals surface area contributed by atoms with Crippen molar-refractivity contribution in [2.24, 2.45) is 0 Å². The van der Waals surface area contributed by atoms with E-state index >= 15 is 0 Å².